The Morgan fingerprint density at radius 1 is 1.30 bits per heavy atom. The number of nitrogens with one attached hydrogen (secondary N) is 1. The summed E-state index contributed by atoms with van der Waals surface area (Å²) in [6, 6.07) is 8.90. The van der Waals surface area contributed by atoms with E-state index in [4.69, 9.17) is 0 Å². The zero-order valence-corrected chi connectivity index (χ0v) is 13.2. The normalized spacial score (nSPS) is 18.5. The molecule has 3 nitrogen and oxygen atoms in total. The second-order valence-corrected chi connectivity index (χ2v) is 5.36. The molecule has 0 saturated carbocycles. The average molecular weight is 297 g/mol. The van der Waals surface area contributed by atoms with Gasteiger partial charge in [-0.3, -0.25) is 4.79 Å². The highest BCUT2D eigenvalue weighted by molar-refractivity contribution is 5.85. The number of nitrogens with zero attached hydrogens (tertiary/aromatic N) is 1. The maximum atomic E-state index is 12.3. The molecular formula is C16H25ClN2O. The Morgan fingerprint density at radius 2 is 2.00 bits per heavy atom. The average Bonchev–Trinajstić information content (AvgIpc) is 2.45. The molecule has 0 spiro atoms. The zero-order valence-electron chi connectivity index (χ0n) is 12.4. The molecule has 1 fully saturated rings. The molecule has 2 rings (SSSR count). The number of halogens is 1. The molecule has 1 aliphatic heterocycles. The van der Waals surface area contributed by atoms with Crippen LogP contribution in [0.4, 0.5) is 0 Å². The number of rotatable bonds is 4. The number of hydrogen-bond donors (Lipinski definition) is 1. The number of piperidine rings is 1. The molecule has 20 heavy (non-hydrogen) atoms. The Labute approximate surface area is 128 Å². The fourth-order valence-corrected chi connectivity index (χ4v) is 2.74. The van der Waals surface area contributed by atoms with Gasteiger partial charge in [0.05, 0.1) is 6.04 Å². The van der Waals surface area contributed by atoms with Gasteiger partial charge in [0.1, 0.15) is 0 Å². The van der Waals surface area contributed by atoms with Gasteiger partial charge in [0.25, 0.3) is 0 Å². The van der Waals surface area contributed by atoms with Crippen LogP contribution in [0.2, 0.25) is 0 Å². The molecule has 1 amide bonds. The van der Waals surface area contributed by atoms with Gasteiger partial charge in [-0.1, -0.05) is 29.8 Å². The summed E-state index contributed by atoms with van der Waals surface area (Å²) in [7, 11) is 1.89. The van der Waals surface area contributed by atoms with Gasteiger partial charge in [-0.2, -0.15) is 0 Å². The molecule has 4 heteroatoms. The van der Waals surface area contributed by atoms with E-state index in [1.807, 2.05) is 7.05 Å². The maximum absolute atomic E-state index is 12.3. The molecule has 1 unspecified atom stereocenters. The number of benzene rings is 1. The second-order valence-electron chi connectivity index (χ2n) is 5.36. The summed E-state index contributed by atoms with van der Waals surface area (Å²) >= 11 is 0. The summed E-state index contributed by atoms with van der Waals surface area (Å²) < 4.78 is 0. The van der Waals surface area contributed by atoms with Crippen molar-refractivity contribution in [1.82, 2.24) is 10.2 Å². The van der Waals surface area contributed by atoms with E-state index in [0.29, 0.717) is 6.42 Å². The highest BCUT2D eigenvalue weighted by Crippen LogP contribution is 2.31. The molecule has 1 atom stereocenters. The molecule has 1 aromatic carbocycles. The van der Waals surface area contributed by atoms with E-state index in [0.717, 1.165) is 25.9 Å². The van der Waals surface area contributed by atoms with Crippen molar-refractivity contribution in [3.63, 3.8) is 0 Å². The summed E-state index contributed by atoms with van der Waals surface area (Å²) in [5, 5.41) is 3.05. The van der Waals surface area contributed by atoms with Gasteiger partial charge < -0.3 is 10.2 Å². The van der Waals surface area contributed by atoms with Gasteiger partial charge >= 0.3 is 0 Å². The SMILES string of the molecule is CNCCC(=O)N1CCCCC1c1ccc(C)cc1.Cl. The Hall–Kier alpha value is -1.06. The second kappa shape index (κ2) is 8.28. The summed E-state index contributed by atoms with van der Waals surface area (Å²) in [6.07, 6.45) is 4.04. The highest BCUT2D eigenvalue weighted by Gasteiger charge is 2.27. The number of aryl methyl sites for hydroxylation is 1. The van der Waals surface area contributed by atoms with Gasteiger partial charge in [-0.05, 0) is 38.8 Å². The number of carbonyl (C=O) groups is 1. The number of carbonyl (C=O) groups excluding carboxylic acids is 1. The minimum Gasteiger partial charge on any atom is -0.336 e. The molecule has 112 valence electrons. The van der Waals surface area contributed by atoms with Crippen molar-refractivity contribution in [2.24, 2.45) is 0 Å². The van der Waals surface area contributed by atoms with Crippen LogP contribution in [0.3, 0.4) is 0 Å². The predicted octanol–water partition coefficient (Wildman–Crippen LogP) is 3.08. The Bertz CT molecular complexity index is 419. The minimum absolute atomic E-state index is 0. The fourth-order valence-electron chi connectivity index (χ4n) is 2.74. The zero-order chi connectivity index (χ0) is 13.7. The molecule has 1 N–H and O–H groups in total. The van der Waals surface area contributed by atoms with Gasteiger partial charge in [-0.25, -0.2) is 0 Å². The van der Waals surface area contributed by atoms with Crippen molar-refractivity contribution >= 4 is 18.3 Å². The summed E-state index contributed by atoms with van der Waals surface area (Å²) in [6.45, 7) is 3.76. The Balaban J connectivity index is 0.00000200. The third-order valence-corrected chi connectivity index (χ3v) is 3.87. The number of likely N-dealkylation sites (tertiary alicyclic amines) is 1. The number of hydrogen-bond acceptors (Lipinski definition) is 2. The first-order chi connectivity index (χ1) is 9.22. The first-order valence-corrected chi connectivity index (χ1v) is 7.23. The monoisotopic (exact) mass is 296 g/mol. The van der Waals surface area contributed by atoms with E-state index in [9.17, 15) is 4.79 Å². The van der Waals surface area contributed by atoms with Gasteiger partial charge in [-0.15, -0.1) is 12.4 Å². The largest absolute Gasteiger partial charge is 0.336 e. The minimum atomic E-state index is 0. The van der Waals surface area contributed by atoms with E-state index in [2.05, 4.69) is 41.4 Å². The standard InChI is InChI=1S/C16H24N2O.ClH/c1-13-6-8-14(9-7-13)15-5-3-4-12-18(15)16(19)10-11-17-2;/h6-9,15,17H,3-5,10-12H2,1-2H3;1H. The van der Waals surface area contributed by atoms with Crippen molar-refractivity contribution in [1.29, 1.82) is 0 Å². The summed E-state index contributed by atoms with van der Waals surface area (Å²) in [5.41, 5.74) is 2.55. The van der Waals surface area contributed by atoms with E-state index >= 15 is 0 Å². The third kappa shape index (κ3) is 4.22. The lowest BCUT2D eigenvalue weighted by atomic mass is 9.94. The molecule has 1 aromatic rings. The first-order valence-electron chi connectivity index (χ1n) is 7.23. The molecular weight excluding hydrogens is 272 g/mol. The lowest BCUT2D eigenvalue weighted by Crippen LogP contribution is -2.39. The van der Waals surface area contributed by atoms with Crippen LogP contribution in [0.25, 0.3) is 0 Å². The lowest BCUT2D eigenvalue weighted by Gasteiger charge is -2.36. The van der Waals surface area contributed by atoms with Crippen molar-refractivity contribution in [3.05, 3.63) is 35.4 Å². The van der Waals surface area contributed by atoms with Crippen LogP contribution in [-0.4, -0.2) is 30.9 Å². The van der Waals surface area contributed by atoms with E-state index in [1.165, 1.54) is 17.5 Å². The predicted molar refractivity (Wildman–Crippen MR) is 85.3 cm³/mol. The van der Waals surface area contributed by atoms with Crippen molar-refractivity contribution in [2.75, 3.05) is 20.1 Å². The van der Waals surface area contributed by atoms with E-state index in [1.54, 1.807) is 0 Å². The Morgan fingerprint density at radius 3 is 2.65 bits per heavy atom. The van der Waals surface area contributed by atoms with Gasteiger partial charge in [0, 0.05) is 19.5 Å². The van der Waals surface area contributed by atoms with Crippen LogP contribution >= 0.6 is 12.4 Å². The van der Waals surface area contributed by atoms with Gasteiger partial charge in [0.15, 0.2) is 0 Å². The fraction of sp³-hybridized carbons (Fsp3) is 0.562. The lowest BCUT2D eigenvalue weighted by molar-refractivity contribution is -0.134. The summed E-state index contributed by atoms with van der Waals surface area (Å²) in [5.74, 6) is 0.277. The molecule has 0 radical (unpaired) electrons. The van der Waals surface area contributed by atoms with E-state index in [-0.39, 0.29) is 24.4 Å². The molecule has 0 aliphatic carbocycles. The van der Waals surface area contributed by atoms with Crippen LogP contribution in [0, 0.1) is 6.92 Å². The van der Waals surface area contributed by atoms with Crippen LogP contribution in [-0.2, 0) is 4.79 Å². The van der Waals surface area contributed by atoms with Crippen molar-refractivity contribution < 1.29 is 4.79 Å². The van der Waals surface area contributed by atoms with Crippen molar-refractivity contribution in [3.8, 4) is 0 Å². The molecule has 0 bridgehead atoms. The molecule has 1 saturated heterocycles. The first kappa shape index (κ1) is 17.0. The van der Waals surface area contributed by atoms with Crippen LogP contribution < -0.4 is 5.32 Å². The van der Waals surface area contributed by atoms with Crippen LogP contribution in [0.1, 0.15) is 42.9 Å². The summed E-state index contributed by atoms with van der Waals surface area (Å²) in [4.78, 5) is 14.4. The topological polar surface area (TPSA) is 32.3 Å². The maximum Gasteiger partial charge on any atom is 0.224 e. The Kier molecular flexibility index (Phi) is 7.03. The highest BCUT2D eigenvalue weighted by atomic mass is 35.5. The smallest absolute Gasteiger partial charge is 0.224 e. The number of amides is 1. The van der Waals surface area contributed by atoms with Crippen molar-refractivity contribution in [2.45, 2.75) is 38.6 Å². The quantitative estimate of drug-likeness (QED) is 0.926. The van der Waals surface area contributed by atoms with Gasteiger partial charge in [0.2, 0.25) is 5.91 Å². The molecule has 1 heterocycles. The third-order valence-electron chi connectivity index (χ3n) is 3.87. The molecule has 1 aliphatic rings. The van der Waals surface area contributed by atoms with Crippen LogP contribution in [0.15, 0.2) is 24.3 Å². The molecule has 0 aromatic heterocycles. The van der Waals surface area contributed by atoms with Crippen LogP contribution in [0.5, 0.6) is 0 Å². The van der Waals surface area contributed by atoms with E-state index < -0.39 is 0 Å².